The number of hydrogen-bond acceptors (Lipinski definition) is 5. The summed E-state index contributed by atoms with van der Waals surface area (Å²) in [6, 6.07) is 3.85. The van der Waals surface area contributed by atoms with Crippen molar-refractivity contribution in [2.45, 2.75) is 13.8 Å². The molecule has 5 nitrogen and oxygen atoms in total. The van der Waals surface area contributed by atoms with Gasteiger partial charge < -0.3 is 5.73 Å². The fourth-order valence-corrected chi connectivity index (χ4v) is 2.78. The van der Waals surface area contributed by atoms with Gasteiger partial charge in [-0.1, -0.05) is 17.4 Å². The van der Waals surface area contributed by atoms with E-state index in [1.165, 1.54) is 11.3 Å². The Morgan fingerprint density at radius 1 is 1.37 bits per heavy atom. The molecule has 96 valence electrons. The van der Waals surface area contributed by atoms with Crippen LogP contribution in [0.4, 0.5) is 5.13 Å². The van der Waals surface area contributed by atoms with Crippen molar-refractivity contribution >= 4 is 27.9 Å². The largest absolute Gasteiger partial charge is 0.375 e. The molecule has 0 aliphatic carbocycles. The van der Waals surface area contributed by atoms with Crippen molar-refractivity contribution < 1.29 is 4.79 Å². The summed E-state index contributed by atoms with van der Waals surface area (Å²) in [5, 5.41) is 0.408. The Kier molecular flexibility index (Phi) is 2.60. The third kappa shape index (κ3) is 1.90. The van der Waals surface area contributed by atoms with E-state index in [0.29, 0.717) is 21.4 Å². The maximum atomic E-state index is 12.5. The van der Waals surface area contributed by atoms with Crippen LogP contribution in [-0.4, -0.2) is 20.2 Å². The lowest BCUT2D eigenvalue weighted by atomic mass is 10.2. The van der Waals surface area contributed by atoms with Gasteiger partial charge in [0.05, 0.1) is 11.9 Å². The molecule has 0 spiro atoms. The van der Waals surface area contributed by atoms with Crippen LogP contribution >= 0.6 is 11.3 Å². The molecule has 0 bridgehead atoms. The molecular weight excluding hydrogens is 260 g/mol. The molecule has 6 heteroatoms. The standard InChI is InChI=1S/C13H12N4OS/c1-7-3-4-10-15-5-9(17(10)6-7)11(18)12-8(2)16-13(14)19-12/h3-6H,1-2H3,(H2,14,16). The first-order chi connectivity index (χ1) is 9.06. The van der Waals surface area contributed by atoms with E-state index in [4.69, 9.17) is 5.73 Å². The highest BCUT2D eigenvalue weighted by Crippen LogP contribution is 2.23. The van der Waals surface area contributed by atoms with Crippen LogP contribution in [0.25, 0.3) is 5.65 Å². The lowest BCUT2D eigenvalue weighted by Crippen LogP contribution is -2.05. The van der Waals surface area contributed by atoms with E-state index in [1.807, 2.05) is 25.3 Å². The number of anilines is 1. The molecule has 0 aromatic carbocycles. The van der Waals surface area contributed by atoms with E-state index in [-0.39, 0.29) is 5.78 Å². The molecule has 3 rings (SSSR count). The second-order valence-corrected chi connectivity index (χ2v) is 5.40. The highest BCUT2D eigenvalue weighted by Gasteiger charge is 2.19. The molecule has 19 heavy (non-hydrogen) atoms. The summed E-state index contributed by atoms with van der Waals surface area (Å²) in [6.45, 7) is 3.76. The number of carbonyl (C=O) groups is 1. The molecule has 3 heterocycles. The first-order valence-corrected chi connectivity index (χ1v) is 6.59. The van der Waals surface area contributed by atoms with Gasteiger partial charge in [-0.15, -0.1) is 0 Å². The molecule has 3 aromatic rings. The zero-order chi connectivity index (χ0) is 13.6. The highest BCUT2D eigenvalue weighted by atomic mass is 32.1. The van der Waals surface area contributed by atoms with Gasteiger partial charge in [0, 0.05) is 6.20 Å². The average molecular weight is 272 g/mol. The van der Waals surface area contributed by atoms with Crippen LogP contribution in [0, 0.1) is 13.8 Å². The molecular formula is C13H12N4OS. The summed E-state index contributed by atoms with van der Waals surface area (Å²) >= 11 is 1.21. The Bertz CT molecular complexity index is 787. The van der Waals surface area contributed by atoms with E-state index in [0.717, 1.165) is 11.2 Å². The van der Waals surface area contributed by atoms with Gasteiger partial charge in [0.2, 0.25) is 5.78 Å². The van der Waals surface area contributed by atoms with Crippen molar-refractivity contribution in [1.29, 1.82) is 0 Å². The summed E-state index contributed by atoms with van der Waals surface area (Å²) in [5.41, 5.74) is 8.66. The quantitative estimate of drug-likeness (QED) is 0.726. The number of thiazole rings is 1. The number of imidazole rings is 1. The zero-order valence-corrected chi connectivity index (χ0v) is 11.4. The molecule has 2 N–H and O–H groups in total. The fourth-order valence-electron chi connectivity index (χ4n) is 2.00. The number of rotatable bonds is 2. The van der Waals surface area contributed by atoms with Gasteiger partial charge in [0.1, 0.15) is 16.2 Å². The minimum Gasteiger partial charge on any atom is -0.375 e. The van der Waals surface area contributed by atoms with Crippen molar-refractivity contribution in [3.05, 3.63) is 46.4 Å². The van der Waals surface area contributed by atoms with E-state index >= 15 is 0 Å². The maximum absolute atomic E-state index is 12.5. The number of hydrogen-bond donors (Lipinski definition) is 1. The molecule has 0 atom stereocenters. The minimum absolute atomic E-state index is 0.0928. The molecule has 0 fully saturated rings. The topological polar surface area (TPSA) is 73.3 Å². The number of nitrogen functional groups attached to an aromatic ring is 1. The van der Waals surface area contributed by atoms with Crippen LogP contribution in [0.2, 0.25) is 0 Å². The highest BCUT2D eigenvalue weighted by molar-refractivity contribution is 7.17. The van der Waals surface area contributed by atoms with E-state index in [2.05, 4.69) is 9.97 Å². The van der Waals surface area contributed by atoms with Crippen molar-refractivity contribution in [2.24, 2.45) is 0 Å². The first kappa shape index (κ1) is 11.9. The van der Waals surface area contributed by atoms with Gasteiger partial charge in [0.15, 0.2) is 5.13 Å². The number of aromatic nitrogens is 3. The number of aryl methyl sites for hydroxylation is 2. The Hall–Kier alpha value is -2.21. The van der Waals surface area contributed by atoms with Gasteiger partial charge in [-0.25, -0.2) is 9.97 Å². The number of nitrogens with two attached hydrogens (primary N) is 1. The third-order valence-electron chi connectivity index (χ3n) is 2.91. The Morgan fingerprint density at radius 2 is 2.16 bits per heavy atom. The summed E-state index contributed by atoms with van der Waals surface area (Å²) in [7, 11) is 0. The molecule has 0 unspecified atom stereocenters. The van der Waals surface area contributed by atoms with E-state index < -0.39 is 0 Å². The Morgan fingerprint density at radius 3 is 2.84 bits per heavy atom. The lowest BCUT2D eigenvalue weighted by molar-refractivity contribution is 0.103. The van der Waals surface area contributed by atoms with Gasteiger partial charge >= 0.3 is 0 Å². The smallest absolute Gasteiger partial charge is 0.223 e. The van der Waals surface area contributed by atoms with Crippen LogP contribution in [0.15, 0.2) is 24.5 Å². The van der Waals surface area contributed by atoms with Crippen molar-refractivity contribution in [1.82, 2.24) is 14.4 Å². The monoisotopic (exact) mass is 272 g/mol. The summed E-state index contributed by atoms with van der Waals surface area (Å²) < 4.78 is 1.80. The maximum Gasteiger partial charge on any atom is 0.223 e. The Labute approximate surface area is 113 Å². The zero-order valence-electron chi connectivity index (χ0n) is 10.5. The van der Waals surface area contributed by atoms with Crippen molar-refractivity contribution in [2.75, 3.05) is 5.73 Å². The SMILES string of the molecule is Cc1ccc2ncc(C(=O)c3sc(N)nc3C)n2c1. The van der Waals surface area contributed by atoms with Crippen LogP contribution in [0.1, 0.15) is 26.6 Å². The first-order valence-electron chi connectivity index (χ1n) is 5.77. The molecule has 0 saturated heterocycles. The van der Waals surface area contributed by atoms with Gasteiger partial charge in [-0.2, -0.15) is 0 Å². The Balaban J connectivity index is 2.16. The molecule has 0 saturated carbocycles. The summed E-state index contributed by atoms with van der Waals surface area (Å²) in [6.07, 6.45) is 3.49. The average Bonchev–Trinajstić information content (AvgIpc) is 2.91. The van der Waals surface area contributed by atoms with Gasteiger partial charge in [-0.05, 0) is 25.5 Å². The number of fused-ring (bicyclic) bond motifs is 1. The molecule has 0 radical (unpaired) electrons. The predicted octanol–water partition coefficient (Wildman–Crippen LogP) is 2.22. The van der Waals surface area contributed by atoms with Crippen LogP contribution in [0.5, 0.6) is 0 Å². The molecule has 0 amide bonds. The third-order valence-corrected chi connectivity index (χ3v) is 3.89. The normalized spacial score (nSPS) is 11.1. The van der Waals surface area contributed by atoms with Crippen LogP contribution < -0.4 is 5.73 Å². The molecule has 0 aliphatic rings. The van der Waals surface area contributed by atoms with Gasteiger partial charge in [-0.3, -0.25) is 9.20 Å². The van der Waals surface area contributed by atoms with E-state index in [9.17, 15) is 4.79 Å². The van der Waals surface area contributed by atoms with Crippen molar-refractivity contribution in [3.63, 3.8) is 0 Å². The van der Waals surface area contributed by atoms with Crippen LogP contribution in [0.3, 0.4) is 0 Å². The van der Waals surface area contributed by atoms with Gasteiger partial charge in [0.25, 0.3) is 0 Å². The lowest BCUT2D eigenvalue weighted by Gasteiger charge is -2.01. The predicted molar refractivity (Wildman–Crippen MR) is 74.6 cm³/mol. The second kappa shape index (κ2) is 4.17. The molecule has 3 aromatic heterocycles. The number of carbonyl (C=O) groups excluding carboxylic acids is 1. The summed E-state index contributed by atoms with van der Waals surface area (Å²) in [4.78, 5) is 21.4. The molecule has 0 aliphatic heterocycles. The fraction of sp³-hybridized carbons (Fsp3) is 0.154. The number of ketones is 1. The number of nitrogens with zero attached hydrogens (tertiary/aromatic N) is 3. The minimum atomic E-state index is -0.0928. The number of pyridine rings is 1. The second-order valence-electron chi connectivity index (χ2n) is 4.37. The van der Waals surface area contributed by atoms with E-state index in [1.54, 1.807) is 17.5 Å². The van der Waals surface area contributed by atoms with Crippen LogP contribution in [-0.2, 0) is 0 Å². The summed E-state index contributed by atoms with van der Waals surface area (Å²) in [5.74, 6) is -0.0928. The van der Waals surface area contributed by atoms with Crippen molar-refractivity contribution in [3.8, 4) is 0 Å².